The Morgan fingerprint density at radius 2 is 2.24 bits per heavy atom. The summed E-state index contributed by atoms with van der Waals surface area (Å²) in [5, 5.41) is 26.2. The first-order valence-electron chi connectivity index (χ1n) is 9.04. The van der Waals surface area contributed by atoms with Crippen molar-refractivity contribution in [2.45, 2.75) is 32.3 Å². The van der Waals surface area contributed by atoms with Crippen LogP contribution in [0.2, 0.25) is 0 Å². The van der Waals surface area contributed by atoms with Crippen LogP contribution in [0.4, 0.5) is 4.39 Å². The molecular formula is C19H15FN6O3. The van der Waals surface area contributed by atoms with Crippen molar-refractivity contribution in [1.29, 1.82) is 5.26 Å². The van der Waals surface area contributed by atoms with E-state index in [4.69, 9.17) is 9.26 Å². The van der Waals surface area contributed by atoms with Crippen molar-refractivity contribution in [2.24, 2.45) is 0 Å². The van der Waals surface area contributed by atoms with Gasteiger partial charge >= 0.3 is 0 Å². The number of rotatable bonds is 2. The first kappa shape index (κ1) is 17.5. The number of fused-ring (bicyclic) bond motifs is 3. The van der Waals surface area contributed by atoms with E-state index in [2.05, 4.69) is 15.1 Å². The van der Waals surface area contributed by atoms with Crippen molar-refractivity contribution in [3.05, 3.63) is 46.6 Å². The van der Waals surface area contributed by atoms with Gasteiger partial charge in [-0.3, -0.25) is 4.40 Å². The average Bonchev–Trinajstić information content (AvgIpc) is 3.45. The minimum absolute atomic E-state index is 0.0536. The molecule has 0 bridgehead atoms. The summed E-state index contributed by atoms with van der Waals surface area (Å²) < 4.78 is 27.4. The maximum absolute atomic E-state index is 14.0. The molecule has 0 amide bonds. The van der Waals surface area contributed by atoms with Crippen LogP contribution in [-0.2, 0) is 10.3 Å². The Morgan fingerprint density at radius 1 is 1.41 bits per heavy atom. The molecule has 1 fully saturated rings. The van der Waals surface area contributed by atoms with Crippen LogP contribution in [0.15, 0.2) is 23.0 Å². The van der Waals surface area contributed by atoms with Gasteiger partial charge in [0, 0.05) is 13.5 Å². The number of ether oxygens (including phenoxy) is 1. The molecule has 4 aromatic rings. The quantitative estimate of drug-likeness (QED) is 0.379. The monoisotopic (exact) mass is 394 g/mol. The third-order valence-electron chi connectivity index (χ3n) is 5.40. The molecule has 1 aromatic carbocycles. The minimum Gasteiger partial charge on any atom is -0.618 e. The third-order valence-corrected chi connectivity index (χ3v) is 5.40. The molecule has 1 atom stereocenters. The van der Waals surface area contributed by atoms with Crippen LogP contribution < -0.4 is 4.73 Å². The van der Waals surface area contributed by atoms with Crippen LogP contribution in [0.1, 0.15) is 36.9 Å². The molecule has 0 aliphatic carbocycles. The first-order chi connectivity index (χ1) is 13.9. The molecule has 0 saturated carbocycles. The molecule has 9 nitrogen and oxygen atoms in total. The normalized spacial score (nSPS) is 19.2. The molecule has 4 heterocycles. The van der Waals surface area contributed by atoms with Crippen LogP contribution in [0, 0.1) is 29.3 Å². The van der Waals surface area contributed by atoms with Crippen molar-refractivity contribution in [3.8, 4) is 17.6 Å². The molecule has 0 spiro atoms. The van der Waals surface area contributed by atoms with E-state index < -0.39 is 11.4 Å². The van der Waals surface area contributed by atoms with Crippen molar-refractivity contribution in [3.63, 3.8) is 0 Å². The number of aryl methyl sites for hydroxylation is 1. The largest absolute Gasteiger partial charge is 0.618 e. The minimum atomic E-state index is -0.753. The SMILES string of the molecule is Cc1c2c(-c3noc(C4(C)CCCO4)n3)ncn2c2ccc(F)c(C#N)c2[n+]1[O-]. The average molecular weight is 394 g/mol. The van der Waals surface area contributed by atoms with Crippen LogP contribution in [0.25, 0.3) is 28.1 Å². The van der Waals surface area contributed by atoms with Gasteiger partial charge in [-0.15, -0.1) is 0 Å². The summed E-state index contributed by atoms with van der Waals surface area (Å²) in [6.45, 7) is 4.09. The lowest BCUT2D eigenvalue weighted by atomic mass is 10.0. The topological polar surface area (TPSA) is 116 Å². The Kier molecular flexibility index (Phi) is 3.60. The molecule has 10 heteroatoms. The number of nitrogens with zero attached hydrogens (tertiary/aromatic N) is 6. The zero-order valence-electron chi connectivity index (χ0n) is 15.6. The summed E-state index contributed by atoms with van der Waals surface area (Å²) >= 11 is 0. The molecule has 29 heavy (non-hydrogen) atoms. The number of halogens is 1. The predicted octanol–water partition coefficient (Wildman–Crippen LogP) is 2.52. The Balaban J connectivity index is 1.76. The Bertz CT molecular complexity index is 1330. The first-order valence-corrected chi connectivity index (χ1v) is 9.04. The fourth-order valence-electron chi connectivity index (χ4n) is 3.85. The van der Waals surface area contributed by atoms with E-state index in [0.717, 1.165) is 18.9 Å². The van der Waals surface area contributed by atoms with Crippen LogP contribution >= 0.6 is 0 Å². The smallest absolute Gasteiger partial charge is 0.262 e. The van der Waals surface area contributed by atoms with Crippen molar-refractivity contribution < 1.29 is 18.4 Å². The van der Waals surface area contributed by atoms with Crippen molar-refractivity contribution >= 4 is 16.6 Å². The van der Waals surface area contributed by atoms with E-state index in [1.54, 1.807) is 17.4 Å². The number of benzene rings is 1. The number of aromatic nitrogens is 5. The molecule has 0 radical (unpaired) electrons. The van der Waals surface area contributed by atoms with Crippen molar-refractivity contribution in [2.75, 3.05) is 6.61 Å². The lowest BCUT2D eigenvalue weighted by molar-refractivity contribution is -0.583. The van der Waals surface area contributed by atoms with Gasteiger partial charge in [0.2, 0.25) is 11.5 Å². The van der Waals surface area contributed by atoms with E-state index in [-0.39, 0.29) is 22.6 Å². The van der Waals surface area contributed by atoms with Gasteiger partial charge < -0.3 is 14.5 Å². The number of imidazole rings is 1. The molecule has 3 aromatic heterocycles. The molecule has 1 aliphatic heterocycles. The highest BCUT2D eigenvalue weighted by Gasteiger charge is 2.38. The summed E-state index contributed by atoms with van der Waals surface area (Å²) in [5.41, 5.74) is 0.392. The van der Waals surface area contributed by atoms with Gasteiger partial charge in [0.25, 0.3) is 11.4 Å². The van der Waals surface area contributed by atoms with Gasteiger partial charge in [-0.25, -0.2) is 9.37 Å². The van der Waals surface area contributed by atoms with Crippen LogP contribution in [-0.4, -0.2) is 26.1 Å². The second kappa shape index (κ2) is 5.96. The third kappa shape index (κ3) is 2.34. The van der Waals surface area contributed by atoms with Gasteiger partial charge in [-0.1, -0.05) is 5.16 Å². The lowest BCUT2D eigenvalue weighted by Crippen LogP contribution is -2.33. The van der Waals surface area contributed by atoms with Gasteiger partial charge in [-0.05, 0) is 31.9 Å². The zero-order chi connectivity index (χ0) is 20.3. The fourth-order valence-corrected chi connectivity index (χ4v) is 3.85. The number of hydrogen-bond acceptors (Lipinski definition) is 7. The molecular weight excluding hydrogens is 379 g/mol. The summed E-state index contributed by atoms with van der Waals surface area (Å²) in [6, 6.07) is 4.36. The van der Waals surface area contributed by atoms with Gasteiger partial charge in [0.15, 0.2) is 5.56 Å². The Hall–Kier alpha value is -3.58. The van der Waals surface area contributed by atoms with Crippen molar-refractivity contribution in [1.82, 2.24) is 19.5 Å². The van der Waals surface area contributed by atoms with Crippen LogP contribution in [0.3, 0.4) is 0 Å². The second-order valence-corrected chi connectivity index (χ2v) is 7.20. The van der Waals surface area contributed by atoms with Gasteiger partial charge in [0.1, 0.15) is 40.5 Å². The molecule has 146 valence electrons. The lowest BCUT2D eigenvalue weighted by Gasteiger charge is -2.16. The predicted molar refractivity (Wildman–Crippen MR) is 96.9 cm³/mol. The number of hydrogen-bond donors (Lipinski definition) is 0. The summed E-state index contributed by atoms with van der Waals surface area (Å²) in [5.74, 6) is -0.172. The standard InChI is InChI=1S/C19H15FN6O3/c1-10-15-14(17-23-18(29-24-17)19(2)6-3-7-28-19)22-9-25(15)13-5-4-12(20)11(8-21)16(13)26(10)27/h4-5,9H,3,6-7H2,1-2H3. The molecule has 5 rings (SSSR count). The summed E-state index contributed by atoms with van der Waals surface area (Å²) in [7, 11) is 0. The summed E-state index contributed by atoms with van der Waals surface area (Å²) in [6.07, 6.45) is 3.16. The van der Waals surface area contributed by atoms with Gasteiger partial charge in [0.05, 0.1) is 0 Å². The van der Waals surface area contributed by atoms with Gasteiger partial charge in [-0.2, -0.15) is 15.0 Å². The van der Waals surface area contributed by atoms with E-state index in [1.807, 2.05) is 6.92 Å². The Morgan fingerprint density at radius 3 is 2.97 bits per heavy atom. The Labute approximate surface area is 163 Å². The fraction of sp³-hybridized carbons (Fsp3) is 0.316. The zero-order valence-corrected chi connectivity index (χ0v) is 15.6. The van der Waals surface area contributed by atoms with E-state index in [9.17, 15) is 14.9 Å². The maximum atomic E-state index is 14.0. The second-order valence-electron chi connectivity index (χ2n) is 7.20. The van der Waals surface area contributed by atoms with E-state index >= 15 is 0 Å². The summed E-state index contributed by atoms with van der Waals surface area (Å²) in [4.78, 5) is 8.82. The highest BCUT2D eigenvalue weighted by Crippen LogP contribution is 2.36. The van der Waals surface area contributed by atoms with E-state index in [0.29, 0.717) is 34.0 Å². The highest BCUT2D eigenvalue weighted by atomic mass is 19.1. The molecule has 0 N–H and O–H groups in total. The van der Waals surface area contributed by atoms with Crippen LogP contribution in [0.5, 0.6) is 0 Å². The highest BCUT2D eigenvalue weighted by molar-refractivity contribution is 5.85. The molecule has 1 unspecified atom stereocenters. The van der Waals surface area contributed by atoms with E-state index in [1.165, 1.54) is 12.4 Å². The molecule has 1 aliphatic rings. The number of nitriles is 1. The molecule has 1 saturated heterocycles. The maximum Gasteiger partial charge on any atom is 0.262 e.